The molecule has 0 fully saturated rings. The van der Waals surface area contributed by atoms with Gasteiger partial charge < -0.3 is 39.2 Å². The number of hydrogen-bond donors (Lipinski definition) is 3. The molecule has 1 aliphatic heterocycles. The Morgan fingerprint density at radius 2 is 1.61 bits per heavy atom. The van der Waals surface area contributed by atoms with E-state index in [1.54, 1.807) is 14.2 Å². The van der Waals surface area contributed by atoms with E-state index in [1.807, 2.05) is 42.5 Å². The molecule has 10 heteroatoms. The third-order valence-electron chi connectivity index (χ3n) is 4.03. The van der Waals surface area contributed by atoms with Gasteiger partial charge in [-0.1, -0.05) is 18.2 Å². The minimum atomic E-state index is -1.82. The van der Waals surface area contributed by atoms with E-state index in [9.17, 15) is 0 Å². The van der Waals surface area contributed by atoms with Crippen LogP contribution in [0.3, 0.4) is 0 Å². The summed E-state index contributed by atoms with van der Waals surface area (Å²) >= 11 is 0. The minimum Gasteiger partial charge on any atom is -0.493 e. The van der Waals surface area contributed by atoms with Crippen molar-refractivity contribution < 1.29 is 43.5 Å². The van der Waals surface area contributed by atoms with Gasteiger partial charge in [0.15, 0.2) is 23.0 Å². The number of ether oxygens (including phenoxy) is 5. The fourth-order valence-electron chi connectivity index (χ4n) is 2.61. The first-order chi connectivity index (χ1) is 15.0. The Morgan fingerprint density at radius 3 is 2.19 bits per heavy atom. The van der Waals surface area contributed by atoms with E-state index >= 15 is 0 Å². The van der Waals surface area contributed by atoms with Crippen molar-refractivity contribution in [2.45, 2.75) is 6.10 Å². The Morgan fingerprint density at radius 1 is 1.00 bits per heavy atom. The van der Waals surface area contributed by atoms with Gasteiger partial charge in [-0.05, 0) is 24.3 Å². The van der Waals surface area contributed by atoms with Crippen LogP contribution in [0.5, 0.6) is 28.7 Å². The number of carbonyl (C=O) groups is 2. The zero-order valence-corrected chi connectivity index (χ0v) is 17.2. The summed E-state index contributed by atoms with van der Waals surface area (Å²) in [5, 5.41) is 18.1. The van der Waals surface area contributed by atoms with Crippen molar-refractivity contribution in [2.75, 3.05) is 40.5 Å². The summed E-state index contributed by atoms with van der Waals surface area (Å²) in [5.41, 5.74) is 0. The van der Waals surface area contributed by atoms with Crippen molar-refractivity contribution >= 4 is 11.9 Å². The molecular formula is C21H25NO9. The number of methoxy groups -OCH3 is 2. The summed E-state index contributed by atoms with van der Waals surface area (Å²) in [6.07, 6.45) is -0.0179. The molecule has 0 saturated heterocycles. The van der Waals surface area contributed by atoms with E-state index in [0.29, 0.717) is 43.6 Å². The molecule has 1 aliphatic rings. The maximum Gasteiger partial charge on any atom is 0.414 e. The monoisotopic (exact) mass is 435 g/mol. The molecule has 2 aromatic carbocycles. The van der Waals surface area contributed by atoms with Crippen molar-refractivity contribution in [1.82, 2.24) is 5.32 Å². The number of carboxylic acids is 2. The highest BCUT2D eigenvalue weighted by Crippen LogP contribution is 2.36. The molecule has 3 rings (SSSR count). The van der Waals surface area contributed by atoms with Crippen LogP contribution in [0, 0.1) is 0 Å². The number of fused-ring (bicyclic) bond motifs is 1. The fourth-order valence-corrected chi connectivity index (χ4v) is 2.61. The van der Waals surface area contributed by atoms with Crippen LogP contribution in [0.15, 0.2) is 42.5 Å². The molecule has 0 aromatic heterocycles. The average Bonchev–Trinajstić information content (AvgIpc) is 2.79. The van der Waals surface area contributed by atoms with Gasteiger partial charge in [0.25, 0.3) is 0 Å². The van der Waals surface area contributed by atoms with Gasteiger partial charge in [0.1, 0.15) is 19.3 Å². The number of benzene rings is 2. The number of hydrogen-bond acceptors (Lipinski definition) is 8. The van der Waals surface area contributed by atoms with Crippen LogP contribution in [0.2, 0.25) is 0 Å². The Labute approximate surface area is 179 Å². The molecule has 0 spiro atoms. The molecular weight excluding hydrogens is 410 g/mol. The molecule has 31 heavy (non-hydrogen) atoms. The third kappa shape index (κ3) is 7.27. The Kier molecular flexibility index (Phi) is 9.24. The van der Waals surface area contributed by atoms with Crippen LogP contribution in [-0.4, -0.2) is 68.8 Å². The van der Waals surface area contributed by atoms with E-state index < -0.39 is 11.9 Å². The molecule has 0 radical (unpaired) electrons. The molecule has 3 N–H and O–H groups in total. The van der Waals surface area contributed by atoms with Crippen molar-refractivity contribution in [2.24, 2.45) is 0 Å². The van der Waals surface area contributed by atoms with Gasteiger partial charge in [-0.15, -0.1) is 0 Å². The standard InChI is InChI=1S/C19H23NO5.C2H2O4/c1-21-17-8-5-9-18(22-2)19(17)23-11-10-20-12-14-13-24-15-6-3-4-7-16(15)25-14;3-1(4)2(5)6/h3-9,14,20H,10-13H2,1-2H3;(H,3,4)(H,5,6)/t14-;/m0./s1. The second kappa shape index (κ2) is 12.1. The summed E-state index contributed by atoms with van der Waals surface area (Å²) < 4.78 is 28.0. The van der Waals surface area contributed by atoms with Crippen LogP contribution < -0.4 is 29.0 Å². The smallest absolute Gasteiger partial charge is 0.414 e. The Hall–Kier alpha value is -3.66. The molecule has 0 amide bonds. The highest BCUT2D eigenvalue weighted by Gasteiger charge is 2.20. The fraction of sp³-hybridized carbons (Fsp3) is 0.333. The van der Waals surface area contributed by atoms with E-state index in [4.69, 9.17) is 43.5 Å². The highest BCUT2D eigenvalue weighted by molar-refractivity contribution is 6.27. The van der Waals surface area contributed by atoms with Crippen LogP contribution in [-0.2, 0) is 9.59 Å². The van der Waals surface area contributed by atoms with E-state index in [0.717, 1.165) is 11.5 Å². The van der Waals surface area contributed by atoms with Gasteiger partial charge in [-0.2, -0.15) is 0 Å². The second-order valence-corrected chi connectivity index (χ2v) is 6.15. The first-order valence-electron chi connectivity index (χ1n) is 9.35. The van der Waals surface area contributed by atoms with Gasteiger partial charge >= 0.3 is 11.9 Å². The Bertz CT molecular complexity index is 837. The number of rotatable bonds is 8. The lowest BCUT2D eigenvalue weighted by atomic mass is 10.2. The minimum absolute atomic E-state index is 0.0179. The van der Waals surface area contributed by atoms with Gasteiger partial charge in [0, 0.05) is 13.1 Å². The van der Waals surface area contributed by atoms with Gasteiger partial charge in [0.2, 0.25) is 5.75 Å². The van der Waals surface area contributed by atoms with E-state index in [1.165, 1.54) is 0 Å². The zero-order chi connectivity index (χ0) is 22.6. The van der Waals surface area contributed by atoms with Gasteiger partial charge in [-0.25, -0.2) is 9.59 Å². The van der Waals surface area contributed by atoms with Crippen molar-refractivity contribution in [3.8, 4) is 28.7 Å². The van der Waals surface area contributed by atoms with Crippen molar-refractivity contribution in [3.05, 3.63) is 42.5 Å². The number of para-hydroxylation sites is 3. The van der Waals surface area contributed by atoms with Crippen LogP contribution >= 0.6 is 0 Å². The Balaban J connectivity index is 0.000000501. The number of aliphatic carboxylic acids is 2. The van der Waals surface area contributed by atoms with E-state index in [2.05, 4.69) is 5.32 Å². The predicted octanol–water partition coefficient (Wildman–Crippen LogP) is 1.67. The molecule has 0 aliphatic carbocycles. The topological polar surface area (TPSA) is 133 Å². The molecule has 0 bridgehead atoms. The maximum absolute atomic E-state index is 9.10. The summed E-state index contributed by atoms with van der Waals surface area (Å²) in [6.45, 7) is 2.37. The molecule has 1 atom stereocenters. The summed E-state index contributed by atoms with van der Waals surface area (Å²) in [6, 6.07) is 13.2. The lowest BCUT2D eigenvalue weighted by molar-refractivity contribution is -0.159. The van der Waals surface area contributed by atoms with Gasteiger partial charge in [0.05, 0.1) is 14.2 Å². The van der Waals surface area contributed by atoms with E-state index in [-0.39, 0.29) is 6.10 Å². The summed E-state index contributed by atoms with van der Waals surface area (Å²) in [5.74, 6) is -0.147. The first-order valence-corrected chi connectivity index (χ1v) is 9.35. The maximum atomic E-state index is 9.10. The molecule has 10 nitrogen and oxygen atoms in total. The SMILES string of the molecule is COc1cccc(OC)c1OCCNC[C@H]1COc2ccccc2O1.O=C(O)C(=O)O. The molecule has 0 unspecified atom stereocenters. The zero-order valence-electron chi connectivity index (χ0n) is 17.2. The third-order valence-corrected chi connectivity index (χ3v) is 4.03. The quantitative estimate of drug-likeness (QED) is 0.415. The molecule has 0 saturated carbocycles. The lowest BCUT2D eigenvalue weighted by Crippen LogP contribution is -2.39. The van der Waals surface area contributed by atoms with Gasteiger partial charge in [-0.3, -0.25) is 0 Å². The summed E-state index contributed by atoms with van der Waals surface area (Å²) in [7, 11) is 3.22. The number of carboxylic acid groups (broad SMARTS) is 2. The van der Waals surface area contributed by atoms with Crippen LogP contribution in [0.4, 0.5) is 0 Å². The molecule has 1 heterocycles. The van der Waals surface area contributed by atoms with Crippen molar-refractivity contribution in [3.63, 3.8) is 0 Å². The van der Waals surface area contributed by atoms with Crippen molar-refractivity contribution in [1.29, 1.82) is 0 Å². The highest BCUT2D eigenvalue weighted by atomic mass is 16.6. The molecule has 2 aromatic rings. The first kappa shape index (κ1) is 23.6. The average molecular weight is 435 g/mol. The summed E-state index contributed by atoms with van der Waals surface area (Å²) in [4.78, 5) is 18.2. The van der Waals surface area contributed by atoms with Crippen LogP contribution in [0.1, 0.15) is 0 Å². The largest absolute Gasteiger partial charge is 0.493 e. The predicted molar refractivity (Wildman–Crippen MR) is 110 cm³/mol. The second-order valence-electron chi connectivity index (χ2n) is 6.15. The normalized spacial score (nSPS) is 13.9. The number of nitrogens with one attached hydrogen (secondary N) is 1. The van der Waals surface area contributed by atoms with Crippen LogP contribution in [0.25, 0.3) is 0 Å². The molecule has 168 valence electrons. The lowest BCUT2D eigenvalue weighted by Gasteiger charge is -2.26.